The zero-order chi connectivity index (χ0) is 32.7. The van der Waals surface area contributed by atoms with Gasteiger partial charge in [-0.25, -0.2) is 9.37 Å². The van der Waals surface area contributed by atoms with Gasteiger partial charge in [-0.05, 0) is 82.1 Å². The fraction of sp³-hybridized carbons (Fsp3) is 0.410. The SMILES string of the molecule is CC1=C(/C=C/C(C)=C/CC/C(C)=C/C(=O)NC2C=C[N+](CCCOc3c4occc4cc4ccc(=O)oc34)=CC2)C(C)(C)CCC1. The number of amides is 1. The van der Waals surface area contributed by atoms with Gasteiger partial charge in [0.1, 0.15) is 6.21 Å². The van der Waals surface area contributed by atoms with Gasteiger partial charge in [0.2, 0.25) is 11.7 Å². The van der Waals surface area contributed by atoms with Gasteiger partial charge in [0.05, 0.1) is 18.9 Å². The van der Waals surface area contributed by atoms with Crippen molar-refractivity contribution in [3.63, 3.8) is 0 Å². The summed E-state index contributed by atoms with van der Waals surface area (Å²) in [5.74, 6) is 0.394. The Labute approximate surface area is 271 Å². The largest absolute Gasteiger partial charge is 0.486 e. The third-order valence-electron chi connectivity index (χ3n) is 8.96. The van der Waals surface area contributed by atoms with E-state index in [1.807, 2.05) is 31.3 Å². The van der Waals surface area contributed by atoms with Crippen molar-refractivity contribution < 1.29 is 22.9 Å². The summed E-state index contributed by atoms with van der Waals surface area (Å²) < 4.78 is 19.2. The van der Waals surface area contributed by atoms with E-state index in [4.69, 9.17) is 13.6 Å². The van der Waals surface area contributed by atoms with Gasteiger partial charge in [0.25, 0.3) is 0 Å². The molecule has 1 unspecified atom stereocenters. The number of rotatable bonds is 12. The topological polar surface area (TPSA) is 84.7 Å². The van der Waals surface area contributed by atoms with Crippen LogP contribution in [0.2, 0.25) is 0 Å². The van der Waals surface area contributed by atoms with Crippen LogP contribution in [0.5, 0.6) is 5.75 Å². The lowest BCUT2D eigenvalue weighted by Crippen LogP contribution is -2.35. The van der Waals surface area contributed by atoms with E-state index in [2.05, 4.69) is 62.0 Å². The van der Waals surface area contributed by atoms with Crippen molar-refractivity contribution in [2.75, 3.05) is 13.2 Å². The van der Waals surface area contributed by atoms with Crippen LogP contribution in [0.4, 0.5) is 0 Å². The van der Waals surface area contributed by atoms with Crippen LogP contribution in [0.1, 0.15) is 79.6 Å². The summed E-state index contributed by atoms with van der Waals surface area (Å²) in [5, 5.41) is 4.78. The number of carbonyl (C=O) groups excluding carboxylic acids is 1. The number of allylic oxidation sites excluding steroid dienone is 7. The number of nitrogens with zero attached hydrogens (tertiary/aromatic N) is 1. The molecule has 242 valence electrons. The van der Waals surface area contributed by atoms with Crippen LogP contribution >= 0.6 is 0 Å². The van der Waals surface area contributed by atoms with E-state index in [1.165, 1.54) is 42.0 Å². The minimum absolute atomic E-state index is 0.0380. The predicted octanol–water partition coefficient (Wildman–Crippen LogP) is 8.55. The highest BCUT2D eigenvalue weighted by Gasteiger charge is 2.26. The van der Waals surface area contributed by atoms with Crippen LogP contribution in [0.15, 0.2) is 103 Å². The van der Waals surface area contributed by atoms with Crippen LogP contribution in [0.25, 0.3) is 21.9 Å². The lowest BCUT2D eigenvalue weighted by atomic mass is 9.72. The number of furan rings is 1. The van der Waals surface area contributed by atoms with Crippen LogP contribution in [0.3, 0.4) is 0 Å². The predicted molar refractivity (Wildman–Crippen MR) is 185 cm³/mol. The maximum Gasteiger partial charge on any atom is 0.336 e. The second kappa shape index (κ2) is 14.8. The summed E-state index contributed by atoms with van der Waals surface area (Å²) in [4.78, 5) is 24.5. The number of ether oxygens (including phenoxy) is 1. The van der Waals surface area contributed by atoms with E-state index in [-0.39, 0.29) is 17.4 Å². The summed E-state index contributed by atoms with van der Waals surface area (Å²) in [6.45, 7) is 12.3. The van der Waals surface area contributed by atoms with Gasteiger partial charge >= 0.3 is 5.63 Å². The molecular formula is C39H47N2O5+. The highest BCUT2D eigenvalue weighted by Crippen LogP contribution is 2.41. The van der Waals surface area contributed by atoms with E-state index >= 15 is 0 Å². The summed E-state index contributed by atoms with van der Waals surface area (Å²) in [6, 6.07) is 6.88. The number of nitrogens with one attached hydrogen (secondary N) is 1. The van der Waals surface area contributed by atoms with Crippen LogP contribution in [0, 0.1) is 5.41 Å². The third kappa shape index (κ3) is 8.45. The summed E-state index contributed by atoms with van der Waals surface area (Å²) >= 11 is 0. The molecule has 1 aromatic carbocycles. The van der Waals surface area contributed by atoms with Gasteiger partial charge in [0.15, 0.2) is 23.9 Å². The highest BCUT2D eigenvalue weighted by atomic mass is 16.5. The Morgan fingerprint density at radius 2 is 2.00 bits per heavy atom. The second-order valence-corrected chi connectivity index (χ2v) is 13.3. The van der Waals surface area contributed by atoms with E-state index in [0.29, 0.717) is 23.5 Å². The van der Waals surface area contributed by atoms with Gasteiger partial charge in [-0.1, -0.05) is 48.8 Å². The molecule has 7 nitrogen and oxygen atoms in total. The lowest BCUT2D eigenvalue weighted by molar-refractivity contribution is -0.456. The van der Waals surface area contributed by atoms with Crippen molar-refractivity contribution in [1.82, 2.24) is 5.32 Å². The molecule has 5 rings (SSSR count). The Balaban J connectivity index is 1.04. The van der Waals surface area contributed by atoms with Gasteiger partial charge < -0.3 is 18.9 Å². The third-order valence-corrected chi connectivity index (χ3v) is 8.96. The first-order valence-electron chi connectivity index (χ1n) is 16.5. The zero-order valence-corrected chi connectivity index (χ0v) is 27.9. The average molecular weight is 624 g/mol. The molecule has 0 radical (unpaired) electrons. The van der Waals surface area contributed by atoms with E-state index in [9.17, 15) is 9.59 Å². The number of hydrogen-bond acceptors (Lipinski definition) is 5. The molecule has 7 heteroatoms. The monoisotopic (exact) mass is 623 g/mol. The Bertz CT molecular complexity index is 1830. The Morgan fingerprint density at radius 1 is 1.17 bits per heavy atom. The van der Waals surface area contributed by atoms with Crippen molar-refractivity contribution in [3.05, 3.63) is 99.8 Å². The van der Waals surface area contributed by atoms with Crippen molar-refractivity contribution in [1.29, 1.82) is 0 Å². The van der Waals surface area contributed by atoms with Gasteiger partial charge in [-0.3, -0.25) is 4.79 Å². The molecule has 1 N–H and O–H groups in total. The molecule has 46 heavy (non-hydrogen) atoms. The van der Waals surface area contributed by atoms with Crippen molar-refractivity contribution in [2.24, 2.45) is 5.41 Å². The van der Waals surface area contributed by atoms with Gasteiger partial charge in [-0.2, -0.15) is 0 Å². The number of benzene rings is 1. The fourth-order valence-electron chi connectivity index (χ4n) is 6.38. The normalized spacial score (nSPS) is 18.9. The first-order chi connectivity index (χ1) is 22.1. The second-order valence-electron chi connectivity index (χ2n) is 13.3. The maximum absolute atomic E-state index is 12.7. The Kier molecular flexibility index (Phi) is 10.6. The molecule has 2 aliphatic rings. The standard InChI is InChI=1S/C39H46N2O5/c1-27(12-14-33-29(3)11-7-19-39(33,4)5)9-6-10-28(2)25-34(42)40-32-16-21-41(22-17-32)20-8-23-44-38-36-31(18-24-45-36)26-30-13-15-35(43)46-37(30)38/h9,12-16,18,21-22,24-26,32H,6-8,10-11,17,19-20,23H2,1-5H3/p+1/b14-12+,27-9+,28-25+. The van der Waals surface area contributed by atoms with Crippen molar-refractivity contribution in [2.45, 2.75) is 85.6 Å². The molecule has 0 saturated carbocycles. The summed E-state index contributed by atoms with van der Waals surface area (Å²) in [5.41, 5.74) is 6.11. The minimum atomic E-state index is -0.429. The highest BCUT2D eigenvalue weighted by molar-refractivity contribution is 5.99. The average Bonchev–Trinajstić information content (AvgIpc) is 3.47. The molecule has 1 amide bonds. The van der Waals surface area contributed by atoms with Crippen LogP contribution < -0.4 is 15.7 Å². The molecule has 1 atom stereocenters. The Hall–Kier alpha value is -4.39. The molecule has 1 aliphatic carbocycles. The maximum atomic E-state index is 12.7. The first-order valence-corrected chi connectivity index (χ1v) is 16.5. The first kappa shape index (κ1) is 33.0. The van der Waals surface area contributed by atoms with Crippen molar-refractivity contribution in [3.8, 4) is 5.75 Å². The van der Waals surface area contributed by atoms with Crippen LogP contribution in [-0.2, 0) is 4.79 Å². The minimum Gasteiger partial charge on any atom is -0.486 e. The quantitative estimate of drug-likeness (QED) is 0.0719. The molecule has 0 spiro atoms. The molecule has 0 saturated heterocycles. The lowest BCUT2D eigenvalue weighted by Gasteiger charge is -2.32. The zero-order valence-electron chi connectivity index (χ0n) is 27.9. The number of carbonyl (C=O) groups is 1. The molecule has 0 fully saturated rings. The molecular weight excluding hydrogens is 576 g/mol. The van der Waals surface area contributed by atoms with Crippen molar-refractivity contribution >= 4 is 34.1 Å². The fourth-order valence-corrected chi connectivity index (χ4v) is 6.38. The molecule has 1 aliphatic heterocycles. The Morgan fingerprint density at radius 3 is 2.78 bits per heavy atom. The summed E-state index contributed by atoms with van der Waals surface area (Å²) in [7, 11) is 0. The molecule has 3 heterocycles. The number of fused-ring (bicyclic) bond motifs is 2. The number of hydrogen-bond donors (Lipinski definition) is 1. The smallest absolute Gasteiger partial charge is 0.336 e. The van der Waals surface area contributed by atoms with Gasteiger partial charge in [0, 0.05) is 41.8 Å². The van der Waals surface area contributed by atoms with Crippen LogP contribution in [-0.4, -0.2) is 35.9 Å². The molecule has 2 aromatic heterocycles. The summed E-state index contributed by atoms with van der Waals surface area (Å²) in [6.07, 6.45) is 23.2. The van der Waals surface area contributed by atoms with E-state index in [0.717, 1.165) is 48.6 Å². The van der Waals surface area contributed by atoms with E-state index < -0.39 is 5.63 Å². The van der Waals surface area contributed by atoms with Gasteiger partial charge in [-0.15, -0.1) is 0 Å². The van der Waals surface area contributed by atoms with E-state index in [1.54, 1.807) is 18.4 Å². The molecule has 0 bridgehead atoms. The molecule has 3 aromatic rings.